The van der Waals surface area contributed by atoms with E-state index in [-0.39, 0.29) is 0 Å². The Kier molecular flexibility index (Phi) is 12.3. The Labute approximate surface area is 150 Å². The van der Waals surface area contributed by atoms with Gasteiger partial charge in [-0.05, 0) is 68.9 Å². The summed E-state index contributed by atoms with van der Waals surface area (Å²) >= 11 is 0. The van der Waals surface area contributed by atoms with Crippen molar-refractivity contribution in [3.05, 3.63) is 37.5 Å². The van der Waals surface area contributed by atoms with Gasteiger partial charge in [-0.3, -0.25) is 0 Å². The van der Waals surface area contributed by atoms with E-state index in [9.17, 15) is 0 Å². The Morgan fingerprint density at radius 2 is 1.54 bits per heavy atom. The molecule has 0 aliphatic heterocycles. The number of allylic oxidation sites excluding steroid dienone is 2. The van der Waals surface area contributed by atoms with Gasteiger partial charge in [0.15, 0.2) is 0 Å². The quantitative estimate of drug-likeness (QED) is 0.461. The van der Waals surface area contributed by atoms with Crippen LogP contribution in [0.3, 0.4) is 0 Å². The summed E-state index contributed by atoms with van der Waals surface area (Å²) in [5.41, 5.74) is 0. The molecule has 2 nitrogen and oxygen atoms in total. The van der Waals surface area contributed by atoms with Crippen molar-refractivity contribution in [2.24, 2.45) is 11.8 Å². The first kappa shape index (κ1) is 20.9. The van der Waals surface area contributed by atoms with Gasteiger partial charge in [0.05, 0.1) is 24.9 Å². The summed E-state index contributed by atoms with van der Waals surface area (Å²) in [5.74, 6) is 1.48. The zero-order chi connectivity index (χ0) is 17.5. The molecule has 2 aliphatic rings. The molecule has 24 heavy (non-hydrogen) atoms. The van der Waals surface area contributed by atoms with Crippen molar-refractivity contribution < 1.29 is 9.47 Å². The standard InChI is InChI=1S/C14H24O.C8H14O/c1-13(2)7-6-11-15-12-10-14-8-4-3-5-9-14;1-2-9-8-6-4-3-5-7-8/h6,10-14H,3-5,7-9H2,1-2H3;2,8H,1,3-7H2. The van der Waals surface area contributed by atoms with Crippen molar-refractivity contribution in [1.82, 2.24) is 0 Å². The maximum absolute atomic E-state index is 5.33. The predicted molar refractivity (Wildman–Crippen MR) is 104 cm³/mol. The van der Waals surface area contributed by atoms with Crippen molar-refractivity contribution in [3.63, 3.8) is 0 Å². The fourth-order valence-electron chi connectivity index (χ4n) is 3.25. The second kappa shape index (κ2) is 14.2. The smallest absolute Gasteiger partial charge is 0.0978 e. The maximum atomic E-state index is 5.33. The average molecular weight is 335 g/mol. The van der Waals surface area contributed by atoms with Gasteiger partial charge < -0.3 is 9.47 Å². The second-order valence-electron chi connectivity index (χ2n) is 7.43. The SMILES string of the molecule is C=COC1CCCCC1.CC(C)CC=COC=CC1CCCCC1. The normalized spacial score (nSPS) is 20.1. The lowest BCUT2D eigenvalue weighted by Crippen LogP contribution is -2.13. The van der Waals surface area contributed by atoms with Crippen LogP contribution in [0.5, 0.6) is 0 Å². The molecule has 2 saturated carbocycles. The summed E-state index contributed by atoms with van der Waals surface area (Å²) in [6, 6.07) is 0. The van der Waals surface area contributed by atoms with Crippen molar-refractivity contribution in [2.45, 2.75) is 90.6 Å². The van der Waals surface area contributed by atoms with Gasteiger partial charge in [-0.1, -0.05) is 46.1 Å². The fourth-order valence-corrected chi connectivity index (χ4v) is 3.25. The Bertz CT molecular complexity index is 345. The second-order valence-corrected chi connectivity index (χ2v) is 7.43. The van der Waals surface area contributed by atoms with Crippen LogP contribution >= 0.6 is 0 Å². The van der Waals surface area contributed by atoms with E-state index in [4.69, 9.17) is 9.47 Å². The highest BCUT2D eigenvalue weighted by atomic mass is 16.5. The zero-order valence-corrected chi connectivity index (χ0v) is 15.9. The Balaban J connectivity index is 0.000000272. The third-order valence-corrected chi connectivity index (χ3v) is 4.70. The largest absolute Gasteiger partial charge is 0.499 e. The van der Waals surface area contributed by atoms with Crippen molar-refractivity contribution in [2.75, 3.05) is 0 Å². The molecule has 0 atom stereocenters. The van der Waals surface area contributed by atoms with Crippen LogP contribution in [0, 0.1) is 11.8 Å². The lowest BCUT2D eigenvalue weighted by molar-refractivity contribution is 0.107. The fraction of sp³-hybridized carbons (Fsp3) is 0.727. The molecule has 0 spiro atoms. The van der Waals surface area contributed by atoms with E-state index < -0.39 is 0 Å². The van der Waals surface area contributed by atoms with E-state index in [1.807, 2.05) is 6.26 Å². The van der Waals surface area contributed by atoms with Crippen LogP contribution in [0.1, 0.15) is 84.5 Å². The van der Waals surface area contributed by atoms with Crippen molar-refractivity contribution in [3.8, 4) is 0 Å². The summed E-state index contributed by atoms with van der Waals surface area (Å²) in [5, 5.41) is 0. The first-order valence-corrected chi connectivity index (χ1v) is 9.96. The number of rotatable bonds is 7. The van der Waals surface area contributed by atoms with E-state index >= 15 is 0 Å². The summed E-state index contributed by atoms with van der Waals surface area (Å²) in [6.45, 7) is 7.95. The highest BCUT2D eigenvalue weighted by molar-refractivity contribution is 4.87. The summed E-state index contributed by atoms with van der Waals surface area (Å²) in [7, 11) is 0. The molecule has 0 N–H and O–H groups in total. The lowest BCUT2D eigenvalue weighted by Gasteiger charge is -2.20. The maximum Gasteiger partial charge on any atom is 0.0978 e. The molecule has 2 fully saturated rings. The van der Waals surface area contributed by atoms with Gasteiger partial charge >= 0.3 is 0 Å². The molecule has 0 unspecified atom stereocenters. The minimum atomic E-state index is 0.483. The average Bonchev–Trinajstić information content (AvgIpc) is 2.60. The first-order valence-electron chi connectivity index (χ1n) is 9.96. The number of hydrogen-bond donors (Lipinski definition) is 0. The predicted octanol–water partition coefficient (Wildman–Crippen LogP) is 7.14. The van der Waals surface area contributed by atoms with Gasteiger partial charge in [-0.2, -0.15) is 0 Å². The van der Waals surface area contributed by atoms with Gasteiger partial charge in [-0.25, -0.2) is 0 Å². The van der Waals surface area contributed by atoms with Crippen LogP contribution in [-0.2, 0) is 9.47 Å². The minimum Gasteiger partial charge on any atom is -0.499 e. The van der Waals surface area contributed by atoms with Crippen molar-refractivity contribution >= 4 is 0 Å². The summed E-state index contributed by atoms with van der Waals surface area (Å²) < 4.78 is 10.6. The van der Waals surface area contributed by atoms with Crippen LogP contribution in [0.15, 0.2) is 37.5 Å². The lowest BCUT2D eigenvalue weighted by atomic mass is 9.89. The molecular formula is C22H38O2. The monoisotopic (exact) mass is 334 g/mol. The van der Waals surface area contributed by atoms with Crippen molar-refractivity contribution in [1.29, 1.82) is 0 Å². The third-order valence-electron chi connectivity index (χ3n) is 4.70. The van der Waals surface area contributed by atoms with E-state index in [1.165, 1.54) is 64.2 Å². The van der Waals surface area contributed by atoms with Gasteiger partial charge in [0.1, 0.15) is 0 Å². The Hall–Kier alpha value is -1.18. The molecule has 0 heterocycles. The van der Waals surface area contributed by atoms with Crippen LogP contribution in [0.25, 0.3) is 0 Å². The first-order chi connectivity index (χ1) is 11.7. The molecule has 0 aromatic carbocycles. The highest BCUT2D eigenvalue weighted by Crippen LogP contribution is 2.24. The van der Waals surface area contributed by atoms with E-state index in [0.29, 0.717) is 12.0 Å². The Morgan fingerprint density at radius 3 is 2.12 bits per heavy atom. The molecule has 0 radical (unpaired) electrons. The molecule has 2 rings (SSSR count). The molecule has 0 saturated heterocycles. The molecule has 0 aromatic heterocycles. The van der Waals surface area contributed by atoms with Crippen LogP contribution in [-0.4, -0.2) is 6.10 Å². The highest BCUT2D eigenvalue weighted by Gasteiger charge is 2.12. The van der Waals surface area contributed by atoms with E-state index in [2.05, 4.69) is 32.6 Å². The van der Waals surface area contributed by atoms with Gasteiger partial charge in [0.2, 0.25) is 0 Å². The third kappa shape index (κ3) is 11.4. The molecule has 138 valence electrons. The molecule has 0 aromatic rings. The van der Waals surface area contributed by atoms with E-state index in [0.717, 1.165) is 12.3 Å². The van der Waals surface area contributed by atoms with Gasteiger partial charge in [-0.15, -0.1) is 0 Å². The van der Waals surface area contributed by atoms with Crippen LogP contribution < -0.4 is 0 Å². The zero-order valence-electron chi connectivity index (χ0n) is 15.9. The summed E-state index contributed by atoms with van der Waals surface area (Å²) in [4.78, 5) is 0. The van der Waals surface area contributed by atoms with Gasteiger partial charge in [0, 0.05) is 0 Å². The molecule has 2 aliphatic carbocycles. The van der Waals surface area contributed by atoms with Crippen LogP contribution in [0.2, 0.25) is 0 Å². The number of ether oxygens (including phenoxy) is 2. The van der Waals surface area contributed by atoms with Crippen LogP contribution in [0.4, 0.5) is 0 Å². The molecular weight excluding hydrogens is 296 g/mol. The van der Waals surface area contributed by atoms with Gasteiger partial charge in [0.25, 0.3) is 0 Å². The number of hydrogen-bond acceptors (Lipinski definition) is 2. The Morgan fingerprint density at radius 1 is 0.917 bits per heavy atom. The molecule has 0 amide bonds. The summed E-state index contributed by atoms with van der Waals surface area (Å²) in [6.07, 6.45) is 24.5. The topological polar surface area (TPSA) is 18.5 Å². The molecule has 2 heteroatoms. The molecule has 0 bridgehead atoms. The van der Waals surface area contributed by atoms with E-state index in [1.54, 1.807) is 12.5 Å². The minimum absolute atomic E-state index is 0.483.